The molecule has 130 valence electrons. The molecule has 1 N–H and O–H groups in total. The molecule has 0 bridgehead atoms. The number of aromatic amines is 1. The molecule has 1 heterocycles. The summed E-state index contributed by atoms with van der Waals surface area (Å²) >= 11 is 12.0. The second-order valence-electron chi connectivity index (χ2n) is 5.55. The van der Waals surface area contributed by atoms with Crippen LogP contribution in [0.4, 0.5) is 0 Å². The highest BCUT2D eigenvalue weighted by molar-refractivity contribution is 6.32. The first-order valence-electron chi connectivity index (χ1n) is 7.92. The molecule has 1 aromatic heterocycles. The van der Waals surface area contributed by atoms with Crippen LogP contribution in [0.1, 0.15) is 12.0 Å². The van der Waals surface area contributed by atoms with Crippen molar-refractivity contribution in [2.24, 2.45) is 0 Å². The van der Waals surface area contributed by atoms with Gasteiger partial charge in [0.25, 0.3) is 0 Å². The van der Waals surface area contributed by atoms with Gasteiger partial charge in [-0.1, -0.05) is 35.3 Å². The first-order valence-corrected chi connectivity index (χ1v) is 8.67. The first kappa shape index (κ1) is 17.6. The van der Waals surface area contributed by atoms with Gasteiger partial charge in [-0.2, -0.15) is 0 Å². The van der Waals surface area contributed by atoms with Crippen LogP contribution in [-0.2, 0) is 16.0 Å². The number of para-hydroxylation sites is 1. The van der Waals surface area contributed by atoms with Crippen LogP contribution in [-0.4, -0.2) is 24.2 Å². The Balaban J connectivity index is 1.42. The van der Waals surface area contributed by atoms with E-state index in [9.17, 15) is 4.79 Å². The van der Waals surface area contributed by atoms with E-state index in [0.29, 0.717) is 22.4 Å². The lowest BCUT2D eigenvalue weighted by atomic mass is 10.1. The lowest BCUT2D eigenvalue weighted by molar-refractivity contribution is -0.146. The molecule has 0 fully saturated rings. The van der Waals surface area contributed by atoms with Gasteiger partial charge in [0.05, 0.1) is 11.6 Å². The molecule has 2 aromatic carbocycles. The molecule has 3 aromatic rings. The molecule has 0 unspecified atom stereocenters. The third-order valence-corrected chi connectivity index (χ3v) is 4.31. The minimum Gasteiger partial charge on any atom is -0.480 e. The van der Waals surface area contributed by atoms with Crippen molar-refractivity contribution in [3.63, 3.8) is 0 Å². The molecule has 6 heteroatoms. The summed E-state index contributed by atoms with van der Waals surface area (Å²) in [6, 6.07) is 12.7. The fourth-order valence-corrected chi connectivity index (χ4v) is 2.91. The number of halogens is 2. The lowest BCUT2D eigenvalue weighted by Crippen LogP contribution is -2.15. The van der Waals surface area contributed by atoms with Crippen LogP contribution in [0.3, 0.4) is 0 Å². The van der Waals surface area contributed by atoms with Gasteiger partial charge in [-0.05, 0) is 48.7 Å². The monoisotopic (exact) mass is 377 g/mol. The molecule has 25 heavy (non-hydrogen) atoms. The fourth-order valence-electron chi connectivity index (χ4n) is 2.55. The molecule has 0 saturated heterocycles. The van der Waals surface area contributed by atoms with Crippen LogP contribution in [0.15, 0.2) is 48.7 Å². The van der Waals surface area contributed by atoms with E-state index in [4.69, 9.17) is 32.7 Å². The second kappa shape index (κ2) is 8.28. The van der Waals surface area contributed by atoms with Gasteiger partial charge in [0.2, 0.25) is 0 Å². The number of carbonyl (C=O) groups is 1. The minimum absolute atomic E-state index is 0.160. The van der Waals surface area contributed by atoms with Crippen molar-refractivity contribution in [1.82, 2.24) is 4.98 Å². The SMILES string of the molecule is O=C(COc1ccccc1Cl)OCCCc1c[nH]c2ccc(Cl)cc12. The summed E-state index contributed by atoms with van der Waals surface area (Å²) in [5.41, 5.74) is 2.20. The standard InChI is InChI=1S/C19H17Cl2NO3/c20-14-7-8-17-15(10-14)13(11-22-17)4-3-9-24-19(23)12-25-18-6-2-1-5-16(18)21/h1-2,5-8,10-11,22H,3-4,9,12H2. The number of carbonyl (C=O) groups excluding carboxylic acids is 1. The van der Waals surface area contributed by atoms with Crippen LogP contribution < -0.4 is 4.74 Å². The van der Waals surface area contributed by atoms with E-state index in [1.54, 1.807) is 24.3 Å². The highest BCUT2D eigenvalue weighted by Gasteiger charge is 2.08. The molecular formula is C19H17Cl2NO3. The van der Waals surface area contributed by atoms with Crippen molar-refractivity contribution in [3.8, 4) is 5.75 Å². The van der Waals surface area contributed by atoms with Crippen molar-refractivity contribution >= 4 is 40.1 Å². The molecule has 0 atom stereocenters. The summed E-state index contributed by atoms with van der Waals surface area (Å²) in [4.78, 5) is 14.9. The Morgan fingerprint density at radius 1 is 1.12 bits per heavy atom. The van der Waals surface area contributed by atoms with E-state index >= 15 is 0 Å². The van der Waals surface area contributed by atoms with Gasteiger partial charge in [0, 0.05) is 22.1 Å². The predicted octanol–water partition coefficient (Wildman–Crippen LogP) is 5.03. The number of fused-ring (bicyclic) bond motifs is 1. The van der Waals surface area contributed by atoms with Crippen molar-refractivity contribution in [2.45, 2.75) is 12.8 Å². The highest BCUT2D eigenvalue weighted by Crippen LogP contribution is 2.24. The largest absolute Gasteiger partial charge is 0.480 e. The smallest absolute Gasteiger partial charge is 0.344 e. The van der Waals surface area contributed by atoms with E-state index in [1.165, 1.54) is 0 Å². The maximum Gasteiger partial charge on any atom is 0.344 e. The predicted molar refractivity (Wildman–Crippen MR) is 99.5 cm³/mol. The number of hydrogen-bond donors (Lipinski definition) is 1. The molecule has 0 aliphatic heterocycles. The molecule has 0 radical (unpaired) electrons. The first-order chi connectivity index (χ1) is 12.1. The van der Waals surface area contributed by atoms with Crippen LogP contribution in [0.5, 0.6) is 5.75 Å². The van der Waals surface area contributed by atoms with Gasteiger partial charge in [0.1, 0.15) is 5.75 Å². The summed E-state index contributed by atoms with van der Waals surface area (Å²) in [5.74, 6) is 0.0543. The maximum atomic E-state index is 11.7. The Kier molecular flexibility index (Phi) is 5.84. The van der Waals surface area contributed by atoms with E-state index in [-0.39, 0.29) is 6.61 Å². The number of nitrogens with one attached hydrogen (secondary N) is 1. The average Bonchev–Trinajstić information content (AvgIpc) is 3.00. The Bertz CT molecular complexity index is 876. The number of benzene rings is 2. The van der Waals surface area contributed by atoms with E-state index in [1.807, 2.05) is 24.4 Å². The molecule has 4 nitrogen and oxygen atoms in total. The van der Waals surface area contributed by atoms with Crippen molar-refractivity contribution in [2.75, 3.05) is 13.2 Å². The Labute approximate surface area is 155 Å². The molecular weight excluding hydrogens is 361 g/mol. The Morgan fingerprint density at radius 3 is 2.80 bits per heavy atom. The molecule has 0 aliphatic carbocycles. The van der Waals surface area contributed by atoms with Gasteiger partial charge in [0.15, 0.2) is 6.61 Å². The fraction of sp³-hybridized carbons (Fsp3) is 0.211. The summed E-state index contributed by atoms with van der Waals surface area (Å²) in [6.07, 6.45) is 3.47. The van der Waals surface area contributed by atoms with Crippen molar-refractivity contribution in [1.29, 1.82) is 0 Å². The highest BCUT2D eigenvalue weighted by atomic mass is 35.5. The summed E-state index contributed by atoms with van der Waals surface area (Å²) < 4.78 is 10.5. The van der Waals surface area contributed by atoms with Gasteiger partial charge in [-0.25, -0.2) is 4.79 Å². The van der Waals surface area contributed by atoms with Gasteiger partial charge >= 0.3 is 5.97 Å². The number of ether oxygens (including phenoxy) is 2. The van der Waals surface area contributed by atoms with Gasteiger partial charge < -0.3 is 14.5 Å². The van der Waals surface area contributed by atoms with Gasteiger partial charge in [-0.15, -0.1) is 0 Å². The third kappa shape index (κ3) is 4.68. The molecule has 3 rings (SSSR count). The number of hydrogen-bond acceptors (Lipinski definition) is 3. The normalized spacial score (nSPS) is 10.8. The zero-order valence-electron chi connectivity index (χ0n) is 13.4. The molecule has 0 saturated carbocycles. The summed E-state index contributed by atoms with van der Waals surface area (Å²) in [5, 5.41) is 2.27. The molecule has 0 spiro atoms. The Morgan fingerprint density at radius 2 is 1.96 bits per heavy atom. The minimum atomic E-state index is -0.415. The second-order valence-corrected chi connectivity index (χ2v) is 6.39. The van der Waals surface area contributed by atoms with E-state index in [2.05, 4.69) is 4.98 Å². The lowest BCUT2D eigenvalue weighted by Gasteiger charge is -2.08. The van der Waals surface area contributed by atoms with Crippen LogP contribution >= 0.6 is 23.2 Å². The zero-order valence-corrected chi connectivity index (χ0v) is 14.9. The number of rotatable bonds is 7. The number of esters is 1. The molecule has 0 aliphatic rings. The number of aromatic nitrogens is 1. The zero-order chi connectivity index (χ0) is 17.6. The summed E-state index contributed by atoms with van der Waals surface area (Å²) in [6.45, 7) is 0.171. The van der Waals surface area contributed by atoms with E-state index < -0.39 is 5.97 Å². The van der Waals surface area contributed by atoms with Crippen LogP contribution in [0.25, 0.3) is 10.9 Å². The third-order valence-electron chi connectivity index (χ3n) is 3.77. The van der Waals surface area contributed by atoms with Crippen molar-refractivity contribution in [3.05, 3.63) is 64.3 Å². The van der Waals surface area contributed by atoms with Gasteiger partial charge in [-0.3, -0.25) is 0 Å². The number of H-pyrrole nitrogens is 1. The molecule has 0 amide bonds. The topological polar surface area (TPSA) is 51.3 Å². The quantitative estimate of drug-likeness (QED) is 0.464. The maximum absolute atomic E-state index is 11.7. The van der Waals surface area contributed by atoms with Crippen LogP contribution in [0.2, 0.25) is 10.0 Å². The number of aryl methyl sites for hydroxylation is 1. The average molecular weight is 378 g/mol. The Hall–Kier alpha value is -2.17. The van der Waals surface area contributed by atoms with E-state index in [0.717, 1.165) is 29.3 Å². The van der Waals surface area contributed by atoms with Crippen molar-refractivity contribution < 1.29 is 14.3 Å². The van der Waals surface area contributed by atoms with Crippen LogP contribution in [0, 0.1) is 0 Å². The summed E-state index contributed by atoms with van der Waals surface area (Å²) in [7, 11) is 0.